The number of aliphatic carboxylic acids is 1. The SMILES string of the molecule is Cc1ccc(Cn2c(CO)nnc2SCC(=O)O)o1. The van der Waals surface area contributed by atoms with E-state index in [9.17, 15) is 9.90 Å². The number of thioether (sulfide) groups is 1. The normalized spacial score (nSPS) is 10.8. The molecule has 7 nitrogen and oxygen atoms in total. The third kappa shape index (κ3) is 3.36. The molecule has 0 unspecified atom stereocenters. The number of hydrogen-bond acceptors (Lipinski definition) is 6. The molecule has 0 aliphatic heterocycles. The smallest absolute Gasteiger partial charge is 0.313 e. The second-order valence-electron chi connectivity index (χ2n) is 3.84. The molecule has 2 aromatic rings. The average Bonchev–Trinajstić information content (AvgIpc) is 2.94. The van der Waals surface area contributed by atoms with Crippen LogP contribution in [-0.2, 0) is 17.9 Å². The lowest BCUT2D eigenvalue weighted by Gasteiger charge is -2.06. The van der Waals surface area contributed by atoms with E-state index in [2.05, 4.69) is 10.2 Å². The molecule has 0 fully saturated rings. The fourth-order valence-electron chi connectivity index (χ4n) is 1.55. The predicted molar refractivity (Wildman–Crippen MR) is 66.9 cm³/mol. The maximum Gasteiger partial charge on any atom is 0.313 e. The molecule has 8 heteroatoms. The van der Waals surface area contributed by atoms with Crippen LogP contribution >= 0.6 is 11.8 Å². The fourth-order valence-corrected chi connectivity index (χ4v) is 2.23. The van der Waals surface area contributed by atoms with Gasteiger partial charge in [-0.1, -0.05) is 11.8 Å². The second-order valence-corrected chi connectivity index (χ2v) is 4.78. The van der Waals surface area contributed by atoms with Crippen LogP contribution in [0.2, 0.25) is 0 Å². The second kappa shape index (κ2) is 5.89. The van der Waals surface area contributed by atoms with Crippen molar-refractivity contribution in [3.63, 3.8) is 0 Å². The highest BCUT2D eigenvalue weighted by Gasteiger charge is 2.14. The van der Waals surface area contributed by atoms with E-state index in [0.29, 0.717) is 23.3 Å². The molecule has 0 aliphatic carbocycles. The standard InChI is InChI=1S/C11H13N3O4S/c1-7-2-3-8(18-7)4-14-9(5-15)12-13-11(14)19-6-10(16)17/h2-3,15H,4-6H2,1H3,(H,16,17). The van der Waals surface area contributed by atoms with Crippen molar-refractivity contribution in [2.45, 2.75) is 25.2 Å². The van der Waals surface area contributed by atoms with Crippen molar-refractivity contribution in [1.82, 2.24) is 14.8 Å². The maximum absolute atomic E-state index is 10.6. The van der Waals surface area contributed by atoms with Crippen molar-refractivity contribution >= 4 is 17.7 Å². The minimum absolute atomic E-state index is 0.110. The van der Waals surface area contributed by atoms with Gasteiger partial charge in [0.1, 0.15) is 18.1 Å². The highest BCUT2D eigenvalue weighted by molar-refractivity contribution is 7.99. The first-order valence-corrected chi connectivity index (χ1v) is 6.51. The number of aryl methyl sites for hydroxylation is 1. The van der Waals surface area contributed by atoms with Gasteiger partial charge in [0.25, 0.3) is 0 Å². The Kier molecular flexibility index (Phi) is 4.23. The van der Waals surface area contributed by atoms with Crippen LogP contribution in [0.4, 0.5) is 0 Å². The van der Waals surface area contributed by atoms with Gasteiger partial charge in [-0.05, 0) is 19.1 Å². The summed E-state index contributed by atoms with van der Waals surface area (Å²) in [5.74, 6) is 0.819. The molecule has 0 aliphatic rings. The molecule has 0 bridgehead atoms. The average molecular weight is 283 g/mol. The van der Waals surface area contributed by atoms with E-state index >= 15 is 0 Å². The molecule has 2 N–H and O–H groups in total. The number of aromatic nitrogens is 3. The summed E-state index contributed by atoms with van der Waals surface area (Å²) in [4.78, 5) is 10.6. The Hall–Kier alpha value is -1.80. The first-order valence-electron chi connectivity index (χ1n) is 5.53. The minimum Gasteiger partial charge on any atom is -0.481 e. The zero-order valence-electron chi connectivity index (χ0n) is 10.2. The first-order chi connectivity index (χ1) is 9.10. The van der Waals surface area contributed by atoms with E-state index in [1.54, 1.807) is 4.57 Å². The monoisotopic (exact) mass is 283 g/mol. The van der Waals surface area contributed by atoms with Gasteiger partial charge in [-0.25, -0.2) is 0 Å². The lowest BCUT2D eigenvalue weighted by molar-refractivity contribution is -0.133. The third-order valence-corrected chi connectivity index (χ3v) is 3.32. The maximum atomic E-state index is 10.6. The highest BCUT2D eigenvalue weighted by atomic mass is 32.2. The Morgan fingerprint density at radius 2 is 2.26 bits per heavy atom. The van der Waals surface area contributed by atoms with Crippen molar-refractivity contribution in [2.75, 3.05) is 5.75 Å². The van der Waals surface area contributed by atoms with Crippen LogP contribution in [0.5, 0.6) is 0 Å². The largest absolute Gasteiger partial charge is 0.481 e. The molecule has 0 spiro atoms. The molecule has 2 aromatic heterocycles. The molecular weight excluding hydrogens is 270 g/mol. The number of aliphatic hydroxyl groups excluding tert-OH is 1. The Labute approximate surface area is 113 Å². The molecule has 2 rings (SSSR count). The van der Waals surface area contributed by atoms with Gasteiger partial charge in [-0.15, -0.1) is 10.2 Å². The molecule has 0 radical (unpaired) electrons. The van der Waals surface area contributed by atoms with Crippen LogP contribution in [0.1, 0.15) is 17.3 Å². The summed E-state index contributed by atoms with van der Waals surface area (Å²) in [6.07, 6.45) is 0. The van der Waals surface area contributed by atoms with Gasteiger partial charge in [-0.3, -0.25) is 9.36 Å². The highest BCUT2D eigenvalue weighted by Crippen LogP contribution is 2.19. The van der Waals surface area contributed by atoms with E-state index in [0.717, 1.165) is 17.5 Å². The van der Waals surface area contributed by atoms with E-state index in [4.69, 9.17) is 9.52 Å². The summed E-state index contributed by atoms with van der Waals surface area (Å²) in [5, 5.41) is 26.0. The predicted octanol–water partition coefficient (Wildman–Crippen LogP) is 0.897. The van der Waals surface area contributed by atoms with Crippen molar-refractivity contribution in [2.24, 2.45) is 0 Å². The quantitative estimate of drug-likeness (QED) is 0.759. The van der Waals surface area contributed by atoms with Crippen LogP contribution in [0.3, 0.4) is 0 Å². The molecule has 0 saturated heterocycles. The van der Waals surface area contributed by atoms with Gasteiger partial charge in [0.05, 0.1) is 12.3 Å². The molecule has 2 heterocycles. The lowest BCUT2D eigenvalue weighted by atomic mass is 10.4. The van der Waals surface area contributed by atoms with E-state index in [-0.39, 0.29) is 12.4 Å². The van der Waals surface area contributed by atoms with Crippen LogP contribution in [0.25, 0.3) is 0 Å². The number of carboxylic acids is 1. The fraction of sp³-hybridized carbons (Fsp3) is 0.364. The van der Waals surface area contributed by atoms with Gasteiger partial charge in [0.15, 0.2) is 11.0 Å². The summed E-state index contributed by atoms with van der Waals surface area (Å²) < 4.78 is 7.10. The Balaban J connectivity index is 2.20. The number of furan rings is 1. The van der Waals surface area contributed by atoms with Gasteiger partial charge in [-0.2, -0.15) is 0 Å². The zero-order valence-corrected chi connectivity index (χ0v) is 11.1. The summed E-state index contributed by atoms with van der Waals surface area (Å²) >= 11 is 1.05. The number of hydrogen-bond donors (Lipinski definition) is 2. The van der Waals surface area contributed by atoms with E-state index in [1.165, 1.54) is 0 Å². The van der Waals surface area contributed by atoms with Crippen molar-refractivity contribution in [3.8, 4) is 0 Å². The molecule has 0 amide bonds. The molecule has 0 saturated carbocycles. The number of carboxylic acid groups (broad SMARTS) is 1. The molecule has 19 heavy (non-hydrogen) atoms. The Morgan fingerprint density at radius 1 is 1.47 bits per heavy atom. The molecule has 0 aromatic carbocycles. The topological polar surface area (TPSA) is 101 Å². The zero-order chi connectivity index (χ0) is 13.8. The van der Waals surface area contributed by atoms with E-state index in [1.807, 2.05) is 19.1 Å². The molecular formula is C11H13N3O4S. The molecule has 102 valence electrons. The van der Waals surface area contributed by atoms with Crippen molar-refractivity contribution in [3.05, 3.63) is 29.5 Å². The lowest BCUT2D eigenvalue weighted by Crippen LogP contribution is -2.07. The summed E-state index contributed by atoms with van der Waals surface area (Å²) in [6.45, 7) is 1.93. The first kappa shape index (κ1) is 13.6. The summed E-state index contributed by atoms with van der Waals surface area (Å²) in [7, 11) is 0. The van der Waals surface area contributed by atoms with Gasteiger partial charge in [0.2, 0.25) is 0 Å². The van der Waals surface area contributed by atoms with Gasteiger partial charge in [0, 0.05) is 0 Å². The Bertz CT molecular complexity index is 578. The number of aliphatic hydroxyl groups is 1. The van der Waals surface area contributed by atoms with Crippen molar-refractivity contribution in [1.29, 1.82) is 0 Å². The minimum atomic E-state index is -0.932. The summed E-state index contributed by atoms with van der Waals surface area (Å²) in [6, 6.07) is 3.66. The summed E-state index contributed by atoms with van der Waals surface area (Å²) in [5.41, 5.74) is 0. The number of nitrogens with zero attached hydrogens (tertiary/aromatic N) is 3. The number of carbonyl (C=O) groups is 1. The number of rotatable bonds is 6. The van der Waals surface area contributed by atoms with Gasteiger partial charge >= 0.3 is 5.97 Å². The van der Waals surface area contributed by atoms with Crippen LogP contribution in [0, 0.1) is 6.92 Å². The van der Waals surface area contributed by atoms with E-state index < -0.39 is 5.97 Å². The van der Waals surface area contributed by atoms with Crippen LogP contribution in [0.15, 0.2) is 21.7 Å². The Morgan fingerprint density at radius 3 is 2.84 bits per heavy atom. The third-order valence-electron chi connectivity index (χ3n) is 2.37. The van der Waals surface area contributed by atoms with Crippen molar-refractivity contribution < 1.29 is 19.4 Å². The molecule has 0 atom stereocenters. The van der Waals surface area contributed by atoms with Crippen LogP contribution in [-0.4, -0.2) is 36.7 Å². The van der Waals surface area contributed by atoms with Crippen LogP contribution < -0.4 is 0 Å². The van der Waals surface area contributed by atoms with Gasteiger partial charge < -0.3 is 14.6 Å².